The fourth-order valence-corrected chi connectivity index (χ4v) is 4.44. The summed E-state index contributed by atoms with van der Waals surface area (Å²) in [5, 5.41) is 10.8. The van der Waals surface area contributed by atoms with Gasteiger partial charge in [0.1, 0.15) is 0 Å². The zero-order valence-corrected chi connectivity index (χ0v) is 20.9. The van der Waals surface area contributed by atoms with Crippen molar-refractivity contribution in [3.8, 4) is 17.1 Å². The Bertz CT molecular complexity index is 1260. The van der Waals surface area contributed by atoms with Crippen molar-refractivity contribution in [2.24, 2.45) is 0 Å². The molecule has 4 rings (SSSR count). The van der Waals surface area contributed by atoms with Gasteiger partial charge in [-0.05, 0) is 59.5 Å². The van der Waals surface area contributed by atoms with Crippen LogP contribution < -0.4 is 0 Å². The van der Waals surface area contributed by atoms with Gasteiger partial charge < -0.3 is 0 Å². The molecule has 0 spiro atoms. The number of aromatic nitrogens is 3. The molecule has 3 aromatic carbocycles. The van der Waals surface area contributed by atoms with Crippen LogP contribution in [0, 0.1) is 0 Å². The van der Waals surface area contributed by atoms with Crippen molar-refractivity contribution < 1.29 is 4.79 Å². The van der Waals surface area contributed by atoms with Gasteiger partial charge in [0.05, 0.1) is 5.75 Å². The first kappa shape index (κ1) is 23.6. The Kier molecular flexibility index (Phi) is 6.94. The summed E-state index contributed by atoms with van der Waals surface area (Å²) in [4.78, 5) is 12.7. The SMILES string of the molecule is CC(C)(C)c1ccc(-c2nnc(SCC(=O)c3ccc(Cl)cc3)n2-c2ccc(Cl)cc2)cc1. The lowest BCUT2D eigenvalue weighted by Gasteiger charge is -2.19. The van der Waals surface area contributed by atoms with E-state index in [1.54, 1.807) is 24.3 Å². The van der Waals surface area contributed by atoms with Crippen LogP contribution in [0.4, 0.5) is 0 Å². The second kappa shape index (κ2) is 9.72. The number of hydrogen-bond donors (Lipinski definition) is 0. The number of Topliss-reactive ketones (excluding diaryl/α,β-unsaturated/α-hetero) is 1. The summed E-state index contributed by atoms with van der Waals surface area (Å²) in [6.45, 7) is 6.56. The molecule has 1 aromatic heterocycles. The first-order valence-electron chi connectivity index (χ1n) is 10.5. The zero-order valence-electron chi connectivity index (χ0n) is 18.5. The summed E-state index contributed by atoms with van der Waals surface area (Å²) >= 11 is 13.4. The molecule has 4 aromatic rings. The average molecular weight is 496 g/mol. The van der Waals surface area contributed by atoms with Crippen LogP contribution in [-0.4, -0.2) is 26.3 Å². The van der Waals surface area contributed by atoms with E-state index < -0.39 is 0 Å². The van der Waals surface area contributed by atoms with Crippen LogP contribution in [-0.2, 0) is 5.41 Å². The quantitative estimate of drug-likeness (QED) is 0.205. The molecule has 4 nitrogen and oxygen atoms in total. The van der Waals surface area contributed by atoms with E-state index in [0.717, 1.165) is 11.3 Å². The Hall–Kier alpha value is -2.60. The molecular weight excluding hydrogens is 473 g/mol. The monoisotopic (exact) mass is 495 g/mol. The van der Waals surface area contributed by atoms with Gasteiger partial charge in [-0.15, -0.1) is 10.2 Å². The molecule has 1 heterocycles. The highest BCUT2D eigenvalue weighted by Crippen LogP contribution is 2.31. The Balaban J connectivity index is 1.67. The number of nitrogens with zero attached hydrogens (tertiary/aromatic N) is 3. The normalized spacial score (nSPS) is 11.5. The molecule has 0 aliphatic rings. The fourth-order valence-electron chi connectivity index (χ4n) is 3.34. The molecule has 0 amide bonds. The molecule has 168 valence electrons. The van der Waals surface area contributed by atoms with Gasteiger partial charge in [-0.25, -0.2) is 0 Å². The average Bonchev–Trinajstić information content (AvgIpc) is 3.22. The van der Waals surface area contributed by atoms with Gasteiger partial charge >= 0.3 is 0 Å². The first-order chi connectivity index (χ1) is 15.7. The zero-order chi connectivity index (χ0) is 23.6. The number of ketones is 1. The smallest absolute Gasteiger partial charge is 0.196 e. The lowest BCUT2D eigenvalue weighted by Crippen LogP contribution is -2.10. The maximum absolute atomic E-state index is 12.7. The number of carbonyl (C=O) groups excluding carboxylic acids is 1. The Morgan fingerprint density at radius 2 is 1.42 bits per heavy atom. The molecule has 0 radical (unpaired) electrons. The van der Waals surface area contributed by atoms with E-state index in [9.17, 15) is 4.79 Å². The van der Waals surface area contributed by atoms with Crippen molar-refractivity contribution >= 4 is 40.7 Å². The molecule has 33 heavy (non-hydrogen) atoms. The molecule has 0 saturated heterocycles. The van der Waals surface area contributed by atoms with Crippen LogP contribution in [0.5, 0.6) is 0 Å². The van der Waals surface area contributed by atoms with Gasteiger partial charge in [-0.2, -0.15) is 0 Å². The maximum atomic E-state index is 12.7. The number of benzene rings is 3. The molecule has 0 unspecified atom stereocenters. The molecule has 0 aliphatic carbocycles. The minimum atomic E-state index is -0.00148. The number of halogens is 2. The van der Waals surface area contributed by atoms with E-state index in [2.05, 4.69) is 55.2 Å². The van der Waals surface area contributed by atoms with Gasteiger partial charge in [-0.1, -0.05) is 80.0 Å². The number of thioether (sulfide) groups is 1. The van der Waals surface area contributed by atoms with Crippen molar-refractivity contribution in [3.05, 3.63) is 94.0 Å². The summed E-state index contributed by atoms with van der Waals surface area (Å²) < 4.78 is 1.96. The lowest BCUT2D eigenvalue weighted by molar-refractivity contribution is 0.102. The summed E-state index contributed by atoms with van der Waals surface area (Å²) in [7, 11) is 0. The van der Waals surface area contributed by atoms with E-state index in [1.165, 1.54) is 17.3 Å². The second-order valence-electron chi connectivity index (χ2n) is 8.66. The van der Waals surface area contributed by atoms with Crippen LogP contribution in [0.25, 0.3) is 17.1 Å². The topological polar surface area (TPSA) is 47.8 Å². The molecule has 0 bridgehead atoms. The predicted octanol–water partition coefficient (Wildman–Crippen LogP) is 7.51. The third-order valence-corrected chi connectivity index (χ3v) is 6.66. The number of hydrogen-bond acceptors (Lipinski definition) is 4. The molecule has 0 fully saturated rings. The summed E-state index contributed by atoms with van der Waals surface area (Å²) in [5.41, 5.74) is 3.74. The number of rotatable bonds is 6. The van der Waals surface area contributed by atoms with Crippen LogP contribution in [0.3, 0.4) is 0 Å². The predicted molar refractivity (Wildman–Crippen MR) is 137 cm³/mol. The molecule has 0 aliphatic heterocycles. The molecule has 0 N–H and O–H groups in total. The van der Waals surface area contributed by atoms with Crippen molar-refractivity contribution in [2.75, 3.05) is 5.75 Å². The second-order valence-corrected chi connectivity index (χ2v) is 10.5. The molecule has 0 saturated carbocycles. The molecule has 0 atom stereocenters. The van der Waals surface area contributed by atoms with Gasteiger partial charge in [0.2, 0.25) is 0 Å². The third-order valence-electron chi connectivity index (χ3n) is 5.23. The van der Waals surface area contributed by atoms with E-state index in [1.807, 2.05) is 28.8 Å². The lowest BCUT2D eigenvalue weighted by atomic mass is 9.87. The van der Waals surface area contributed by atoms with Crippen LogP contribution >= 0.6 is 35.0 Å². The van der Waals surface area contributed by atoms with Gasteiger partial charge in [0, 0.05) is 26.9 Å². The number of carbonyl (C=O) groups is 1. The first-order valence-corrected chi connectivity index (χ1v) is 12.2. The van der Waals surface area contributed by atoms with Crippen LogP contribution in [0.15, 0.2) is 78.0 Å². The Morgan fingerprint density at radius 1 is 0.848 bits per heavy atom. The highest BCUT2D eigenvalue weighted by atomic mass is 35.5. The fraction of sp³-hybridized carbons (Fsp3) is 0.192. The minimum absolute atomic E-state index is 0.00148. The van der Waals surface area contributed by atoms with Crippen molar-refractivity contribution in [3.63, 3.8) is 0 Å². The Labute approximate surface area is 208 Å². The largest absolute Gasteiger partial charge is 0.293 e. The van der Waals surface area contributed by atoms with Crippen molar-refractivity contribution in [1.29, 1.82) is 0 Å². The van der Waals surface area contributed by atoms with Crippen LogP contribution in [0.2, 0.25) is 10.0 Å². The summed E-state index contributed by atoms with van der Waals surface area (Å²) in [6, 6.07) is 22.8. The van der Waals surface area contributed by atoms with E-state index in [4.69, 9.17) is 23.2 Å². The highest BCUT2D eigenvalue weighted by molar-refractivity contribution is 7.99. The third kappa shape index (κ3) is 5.49. The van der Waals surface area contributed by atoms with Crippen molar-refractivity contribution in [2.45, 2.75) is 31.3 Å². The molecule has 7 heteroatoms. The van der Waals surface area contributed by atoms with E-state index in [0.29, 0.717) is 26.6 Å². The van der Waals surface area contributed by atoms with E-state index >= 15 is 0 Å². The van der Waals surface area contributed by atoms with Crippen LogP contribution in [0.1, 0.15) is 36.7 Å². The highest BCUT2D eigenvalue weighted by Gasteiger charge is 2.19. The summed E-state index contributed by atoms with van der Waals surface area (Å²) in [6.07, 6.45) is 0. The van der Waals surface area contributed by atoms with E-state index in [-0.39, 0.29) is 17.0 Å². The minimum Gasteiger partial charge on any atom is -0.293 e. The van der Waals surface area contributed by atoms with Gasteiger partial charge in [-0.3, -0.25) is 9.36 Å². The van der Waals surface area contributed by atoms with Gasteiger partial charge in [0.15, 0.2) is 16.8 Å². The maximum Gasteiger partial charge on any atom is 0.196 e. The standard InChI is InChI=1S/C26H23Cl2N3OS/c1-26(2,3)19-8-4-18(5-9-19)24-29-30-25(31(24)22-14-12-21(28)13-15-22)33-16-23(32)17-6-10-20(27)11-7-17/h4-15H,16H2,1-3H3. The summed E-state index contributed by atoms with van der Waals surface area (Å²) in [5.74, 6) is 0.939. The van der Waals surface area contributed by atoms with Gasteiger partial charge in [0.25, 0.3) is 0 Å². The Morgan fingerprint density at radius 3 is 2.00 bits per heavy atom. The van der Waals surface area contributed by atoms with Crippen molar-refractivity contribution in [1.82, 2.24) is 14.8 Å². The molecular formula is C26H23Cl2N3OS.